The van der Waals surface area contributed by atoms with Gasteiger partial charge in [-0.15, -0.1) is 0 Å². The van der Waals surface area contributed by atoms with Crippen LogP contribution in [0.1, 0.15) is 0 Å². The summed E-state index contributed by atoms with van der Waals surface area (Å²) in [6, 6.07) is 17.3. The third-order valence-corrected chi connectivity index (χ3v) is 4.66. The number of carbonyl (C=O) groups is 1. The van der Waals surface area contributed by atoms with E-state index in [0.717, 1.165) is 22.2 Å². The number of halogens is 1. The standard InChI is InChI=1S/C22H18FN3O3/c1-26-21(13-6-9-15(10-7-13)29-22(24)27)16-11-8-14(12-18(16)25-26)20-17(23)4-3-5-19(20)28-2/h3-12H,1-2H3,(H2,24,27). The highest BCUT2D eigenvalue weighted by molar-refractivity contribution is 5.96. The Morgan fingerprint density at radius 1 is 1.07 bits per heavy atom. The van der Waals surface area contributed by atoms with Crippen LogP contribution in [0.5, 0.6) is 11.5 Å². The maximum atomic E-state index is 14.5. The van der Waals surface area contributed by atoms with E-state index in [9.17, 15) is 9.18 Å². The van der Waals surface area contributed by atoms with Gasteiger partial charge in [-0.1, -0.05) is 12.1 Å². The van der Waals surface area contributed by atoms with E-state index in [4.69, 9.17) is 15.2 Å². The number of aromatic nitrogens is 2. The van der Waals surface area contributed by atoms with Gasteiger partial charge in [-0.3, -0.25) is 4.68 Å². The maximum Gasteiger partial charge on any atom is 0.409 e. The summed E-state index contributed by atoms with van der Waals surface area (Å²) in [6.07, 6.45) is -0.861. The van der Waals surface area contributed by atoms with Crippen molar-refractivity contribution in [1.29, 1.82) is 0 Å². The number of primary amides is 1. The third-order valence-electron chi connectivity index (χ3n) is 4.66. The monoisotopic (exact) mass is 391 g/mol. The summed E-state index contributed by atoms with van der Waals surface area (Å²) in [7, 11) is 3.35. The molecule has 1 heterocycles. The number of fused-ring (bicyclic) bond motifs is 1. The number of aryl methyl sites for hydroxylation is 1. The highest BCUT2D eigenvalue weighted by Crippen LogP contribution is 2.36. The van der Waals surface area contributed by atoms with Crippen molar-refractivity contribution in [3.8, 4) is 33.9 Å². The fraction of sp³-hybridized carbons (Fsp3) is 0.0909. The number of rotatable bonds is 4. The number of nitrogens with zero attached hydrogens (tertiary/aromatic N) is 2. The number of hydrogen-bond donors (Lipinski definition) is 1. The van der Waals surface area contributed by atoms with Gasteiger partial charge in [0, 0.05) is 18.0 Å². The van der Waals surface area contributed by atoms with Gasteiger partial charge in [0.2, 0.25) is 0 Å². The molecule has 0 aliphatic rings. The van der Waals surface area contributed by atoms with Crippen LogP contribution in [-0.2, 0) is 7.05 Å². The molecular weight excluding hydrogens is 373 g/mol. The molecule has 4 aromatic rings. The second kappa shape index (κ2) is 7.27. The Kier molecular flexibility index (Phi) is 4.64. The minimum Gasteiger partial charge on any atom is -0.496 e. The third kappa shape index (κ3) is 3.38. The number of hydrogen-bond acceptors (Lipinski definition) is 4. The van der Waals surface area contributed by atoms with Crippen molar-refractivity contribution < 1.29 is 18.7 Å². The Balaban J connectivity index is 1.80. The molecule has 0 unspecified atom stereocenters. The minimum absolute atomic E-state index is 0.357. The molecule has 0 saturated carbocycles. The maximum absolute atomic E-state index is 14.5. The zero-order valence-corrected chi connectivity index (χ0v) is 15.8. The molecule has 3 aromatic carbocycles. The number of benzene rings is 3. The highest BCUT2D eigenvalue weighted by Gasteiger charge is 2.16. The summed E-state index contributed by atoms with van der Waals surface area (Å²) < 4.78 is 26.4. The van der Waals surface area contributed by atoms with E-state index >= 15 is 0 Å². The second-order valence-corrected chi connectivity index (χ2v) is 6.47. The normalized spacial score (nSPS) is 10.9. The lowest BCUT2D eigenvalue weighted by Gasteiger charge is -2.10. The van der Waals surface area contributed by atoms with Crippen LogP contribution in [0.4, 0.5) is 9.18 Å². The summed E-state index contributed by atoms with van der Waals surface area (Å²) in [4.78, 5) is 10.9. The molecule has 0 fully saturated rings. The molecular formula is C22H18FN3O3. The molecule has 0 spiro atoms. The van der Waals surface area contributed by atoms with Crippen molar-refractivity contribution in [1.82, 2.24) is 9.78 Å². The van der Waals surface area contributed by atoms with Crippen LogP contribution in [0.2, 0.25) is 0 Å². The van der Waals surface area contributed by atoms with E-state index in [-0.39, 0.29) is 5.82 Å². The average molecular weight is 391 g/mol. The Morgan fingerprint density at radius 2 is 1.79 bits per heavy atom. The molecule has 0 atom stereocenters. The molecule has 6 nitrogen and oxygen atoms in total. The minimum atomic E-state index is -0.861. The van der Waals surface area contributed by atoms with Crippen LogP contribution >= 0.6 is 0 Å². The SMILES string of the molecule is COc1cccc(F)c1-c1ccc2c(-c3ccc(OC(N)=O)cc3)n(C)nc2c1. The molecule has 0 aliphatic carbocycles. The number of amides is 1. The van der Waals surface area contributed by atoms with Gasteiger partial charge in [-0.2, -0.15) is 5.10 Å². The van der Waals surface area contributed by atoms with Crippen LogP contribution < -0.4 is 15.2 Å². The van der Waals surface area contributed by atoms with Crippen LogP contribution in [0.25, 0.3) is 33.3 Å². The van der Waals surface area contributed by atoms with E-state index in [2.05, 4.69) is 5.10 Å². The lowest BCUT2D eigenvalue weighted by atomic mass is 10.0. The molecule has 1 amide bonds. The van der Waals surface area contributed by atoms with E-state index in [1.54, 1.807) is 28.9 Å². The molecule has 1 aromatic heterocycles. The van der Waals surface area contributed by atoms with Crippen molar-refractivity contribution in [3.05, 3.63) is 66.5 Å². The highest BCUT2D eigenvalue weighted by atomic mass is 19.1. The largest absolute Gasteiger partial charge is 0.496 e. The van der Waals surface area contributed by atoms with E-state index in [1.807, 2.05) is 37.4 Å². The van der Waals surface area contributed by atoms with Gasteiger partial charge in [0.05, 0.1) is 23.9 Å². The fourth-order valence-electron chi connectivity index (χ4n) is 3.45. The van der Waals surface area contributed by atoms with Gasteiger partial charge < -0.3 is 15.2 Å². The first-order valence-electron chi connectivity index (χ1n) is 8.85. The molecule has 146 valence electrons. The molecule has 0 aliphatic heterocycles. The van der Waals surface area contributed by atoms with E-state index in [1.165, 1.54) is 13.2 Å². The smallest absolute Gasteiger partial charge is 0.409 e. The van der Waals surface area contributed by atoms with Gasteiger partial charge >= 0.3 is 6.09 Å². The van der Waals surface area contributed by atoms with Gasteiger partial charge in [-0.25, -0.2) is 9.18 Å². The van der Waals surface area contributed by atoms with Crippen LogP contribution in [0, 0.1) is 5.82 Å². The van der Waals surface area contributed by atoms with Crippen LogP contribution in [0.15, 0.2) is 60.7 Å². The molecule has 4 rings (SSSR count). The zero-order valence-electron chi connectivity index (χ0n) is 15.8. The lowest BCUT2D eigenvalue weighted by molar-refractivity contribution is 0.211. The summed E-state index contributed by atoms with van der Waals surface area (Å²) in [5.74, 6) is 0.470. The molecule has 0 radical (unpaired) electrons. The summed E-state index contributed by atoms with van der Waals surface area (Å²) >= 11 is 0. The number of carbonyl (C=O) groups excluding carboxylic acids is 1. The predicted octanol–water partition coefficient (Wildman–Crippen LogP) is 4.51. The first kappa shape index (κ1) is 18.5. The Labute approximate surface area is 166 Å². The van der Waals surface area contributed by atoms with Gasteiger partial charge in [0.15, 0.2) is 0 Å². The summed E-state index contributed by atoms with van der Waals surface area (Å²) in [6.45, 7) is 0. The van der Waals surface area contributed by atoms with Gasteiger partial charge in [0.1, 0.15) is 17.3 Å². The lowest BCUT2D eigenvalue weighted by Crippen LogP contribution is -2.16. The van der Waals surface area contributed by atoms with Crippen molar-refractivity contribution >= 4 is 17.0 Å². The molecule has 29 heavy (non-hydrogen) atoms. The molecule has 0 saturated heterocycles. The van der Waals surface area contributed by atoms with E-state index < -0.39 is 6.09 Å². The second-order valence-electron chi connectivity index (χ2n) is 6.47. The van der Waals surface area contributed by atoms with Crippen molar-refractivity contribution in [2.45, 2.75) is 0 Å². The average Bonchev–Trinajstić information content (AvgIpc) is 3.02. The molecule has 0 bridgehead atoms. The molecule has 7 heteroatoms. The Hall–Kier alpha value is -3.87. The zero-order chi connectivity index (χ0) is 20.5. The predicted molar refractivity (Wildman–Crippen MR) is 108 cm³/mol. The number of ether oxygens (including phenoxy) is 2. The quantitative estimate of drug-likeness (QED) is 0.555. The summed E-state index contributed by atoms with van der Waals surface area (Å²) in [5.41, 5.74) is 8.62. The van der Waals surface area contributed by atoms with Gasteiger partial charge in [0.25, 0.3) is 0 Å². The summed E-state index contributed by atoms with van der Waals surface area (Å²) in [5, 5.41) is 5.49. The number of nitrogens with two attached hydrogens (primary N) is 1. The van der Waals surface area contributed by atoms with Crippen molar-refractivity contribution in [2.75, 3.05) is 7.11 Å². The topological polar surface area (TPSA) is 79.4 Å². The fourth-order valence-corrected chi connectivity index (χ4v) is 3.45. The Bertz CT molecular complexity index is 1220. The first-order chi connectivity index (χ1) is 14.0. The first-order valence-corrected chi connectivity index (χ1v) is 8.85. The van der Waals surface area contributed by atoms with E-state index in [0.29, 0.717) is 22.6 Å². The van der Waals surface area contributed by atoms with Crippen molar-refractivity contribution in [3.63, 3.8) is 0 Å². The van der Waals surface area contributed by atoms with Crippen LogP contribution in [0.3, 0.4) is 0 Å². The van der Waals surface area contributed by atoms with Crippen molar-refractivity contribution in [2.24, 2.45) is 12.8 Å². The molecule has 2 N–H and O–H groups in total. The van der Waals surface area contributed by atoms with Crippen LogP contribution in [-0.4, -0.2) is 23.0 Å². The number of methoxy groups -OCH3 is 1. The Morgan fingerprint density at radius 3 is 2.48 bits per heavy atom. The van der Waals surface area contributed by atoms with Gasteiger partial charge in [-0.05, 0) is 54.1 Å².